The zero-order valence-corrected chi connectivity index (χ0v) is 10.3. The molecule has 2 rings (SSSR count). The highest BCUT2D eigenvalue weighted by atomic mass is 35.5. The number of hydrogen-bond donors (Lipinski definition) is 1. The molecule has 2 aromatic rings. The van der Waals surface area contributed by atoms with Gasteiger partial charge in [0.1, 0.15) is 5.69 Å². The number of halogens is 1. The van der Waals surface area contributed by atoms with Crippen LogP contribution in [0.2, 0.25) is 5.15 Å². The van der Waals surface area contributed by atoms with Crippen molar-refractivity contribution in [1.82, 2.24) is 4.98 Å². The number of nitro groups is 1. The second-order valence-electron chi connectivity index (χ2n) is 3.43. The molecule has 0 unspecified atom stereocenters. The van der Waals surface area contributed by atoms with E-state index in [1.54, 1.807) is 18.3 Å². The van der Waals surface area contributed by atoms with Crippen molar-refractivity contribution in [2.45, 2.75) is 0 Å². The van der Waals surface area contributed by atoms with E-state index in [-0.39, 0.29) is 10.8 Å². The lowest BCUT2D eigenvalue weighted by atomic mass is 10.3. The number of nitro benzene ring substituents is 1. The van der Waals surface area contributed by atoms with Gasteiger partial charge in [-0.3, -0.25) is 15.5 Å². The summed E-state index contributed by atoms with van der Waals surface area (Å²) < 4.78 is 0. The monoisotopic (exact) mass is 277 g/mol. The lowest BCUT2D eigenvalue weighted by Crippen LogP contribution is -1.89. The molecule has 0 aliphatic carbocycles. The standard InChI is InChI=1S/C11H8ClN5O2/c12-11-10(2-1-7-13-11)15-16-14-8-3-5-9(6-4-8)17(18)19/h1-7H,(H,14,15). The first-order valence-corrected chi connectivity index (χ1v) is 5.56. The summed E-state index contributed by atoms with van der Waals surface area (Å²) in [7, 11) is 0. The SMILES string of the molecule is O=[N+]([O-])c1ccc(NN=Nc2cccnc2Cl)cc1. The molecular weight excluding hydrogens is 270 g/mol. The van der Waals surface area contributed by atoms with Crippen LogP contribution in [-0.4, -0.2) is 9.91 Å². The molecular formula is C11H8ClN5O2. The first kappa shape index (κ1) is 12.9. The van der Waals surface area contributed by atoms with Gasteiger partial charge in [-0.25, -0.2) is 4.98 Å². The molecule has 0 radical (unpaired) electrons. The molecule has 96 valence electrons. The Morgan fingerprint density at radius 1 is 1.26 bits per heavy atom. The Balaban J connectivity index is 2.03. The van der Waals surface area contributed by atoms with Crippen LogP contribution >= 0.6 is 11.6 Å². The largest absolute Gasteiger partial charge is 0.269 e. The summed E-state index contributed by atoms with van der Waals surface area (Å²) in [6.07, 6.45) is 1.55. The van der Waals surface area contributed by atoms with Crippen LogP contribution in [-0.2, 0) is 0 Å². The lowest BCUT2D eigenvalue weighted by Gasteiger charge is -1.98. The molecule has 1 heterocycles. The van der Waals surface area contributed by atoms with Crippen molar-refractivity contribution in [3.63, 3.8) is 0 Å². The average Bonchev–Trinajstić information content (AvgIpc) is 2.41. The molecule has 0 atom stereocenters. The van der Waals surface area contributed by atoms with E-state index < -0.39 is 4.92 Å². The molecule has 0 fully saturated rings. The minimum absolute atomic E-state index is 0.0118. The van der Waals surface area contributed by atoms with Crippen molar-refractivity contribution < 1.29 is 4.92 Å². The summed E-state index contributed by atoms with van der Waals surface area (Å²) in [5, 5.41) is 18.3. The highest BCUT2D eigenvalue weighted by Gasteiger charge is 2.03. The first-order valence-electron chi connectivity index (χ1n) is 5.18. The second kappa shape index (κ2) is 5.87. The number of pyridine rings is 1. The molecule has 1 N–H and O–H groups in total. The van der Waals surface area contributed by atoms with E-state index in [2.05, 4.69) is 20.7 Å². The number of hydrogen-bond acceptors (Lipinski definition) is 5. The number of nitrogens with one attached hydrogen (secondary N) is 1. The lowest BCUT2D eigenvalue weighted by molar-refractivity contribution is -0.384. The maximum Gasteiger partial charge on any atom is 0.269 e. The zero-order valence-electron chi connectivity index (χ0n) is 9.52. The molecule has 0 aliphatic rings. The number of anilines is 1. The van der Waals surface area contributed by atoms with Crippen LogP contribution < -0.4 is 5.43 Å². The molecule has 0 aliphatic heterocycles. The Morgan fingerprint density at radius 2 is 2.00 bits per heavy atom. The fourth-order valence-electron chi connectivity index (χ4n) is 1.25. The fourth-order valence-corrected chi connectivity index (χ4v) is 1.40. The van der Waals surface area contributed by atoms with E-state index in [1.807, 2.05) is 0 Å². The van der Waals surface area contributed by atoms with E-state index in [0.29, 0.717) is 11.4 Å². The third kappa shape index (κ3) is 3.46. The van der Waals surface area contributed by atoms with E-state index in [1.165, 1.54) is 24.3 Å². The molecule has 1 aromatic heterocycles. The Hall–Kier alpha value is -2.54. The van der Waals surface area contributed by atoms with Crippen molar-refractivity contribution in [1.29, 1.82) is 0 Å². The molecule has 0 saturated heterocycles. The van der Waals surface area contributed by atoms with Crippen LogP contribution in [0.25, 0.3) is 0 Å². The minimum Gasteiger partial charge on any atom is -0.260 e. The maximum atomic E-state index is 10.5. The normalized spacial score (nSPS) is 10.6. The molecule has 0 spiro atoms. The van der Waals surface area contributed by atoms with Gasteiger partial charge in [-0.2, -0.15) is 0 Å². The van der Waals surface area contributed by atoms with Crippen molar-refractivity contribution in [2.75, 3.05) is 5.43 Å². The van der Waals surface area contributed by atoms with Gasteiger partial charge in [0.05, 0.1) is 10.6 Å². The third-order valence-electron chi connectivity index (χ3n) is 2.15. The van der Waals surface area contributed by atoms with E-state index in [4.69, 9.17) is 11.6 Å². The van der Waals surface area contributed by atoms with Gasteiger partial charge in [0.25, 0.3) is 5.69 Å². The third-order valence-corrected chi connectivity index (χ3v) is 2.45. The van der Waals surface area contributed by atoms with Gasteiger partial charge in [-0.15, -0.1) is 5.11 Å². The number of aromatic nitrogens is 1. The summed E-state index contributed by atoms with van der Waals surface area (Å²) in [5.74, 6) is 0. The number of non-ortho nitro benzene ring substituents is 1. The van der Waals surface area contributed by atoms with Gasteiger partial charge in [0.2, 0.25) is 0 Å². The smallest absolute Gasteiger partial charge is 0.260 e. The summed E-state index contributed by atoms with van der Waals surface area (Å²) in [6.45, 7) is 0. The van der Waals surface area contributed by atoms with Crippen molar-refractivity contribution in [2.24, 2.45) is 10.3 Å². The average molecular weight is 278 g/mol. The van der Waals surface area contributed by atoms with Crippen LogP contribution in [0, 0.1) is 10.1 Å². The molecule has 8 heteroatoms. The van der Waals surface area contributed by atoms with Gasteiger partial charge >= 0.3 is 0 Å². The number of nitrogens with zero attached hydrogens (tertiary/aromatic N) is 4. The Morgan fingerprint density at radius 3 is 2.63 bits per heavy atom. The molecule has 0 saturated carbocycles. The van der Waals surface area contributed by atoms with Gasteiger partial charge in [0.15, 0.2) is 5.15 Å². The van der Waals surface area contributed by atoms with E-state index >= 15 is 0 Å². The predicted octanol–water partition coefficient (Wildman–Crippen LogP) is 3.75. The van der Waals surface area contributed by atoms with Crippen LogP contribution in [0.4, 0.5) is 17.1 Å². The second-order valence-corrected chi connectivity index (χ2v) is 3.79. The van der Waals surface area contributed by atoms with Gasteiger partial charge in [0, 0.05) is 18.3 Å². The molecule has 0 amide bonds. The highest BCUT2D eigenvalue weighted by molar-refractivity contribution is 6.31. The van der Waals surface area contributed by atoms with Gasteiger partial charge in [-0.1, -0.05) is 16.8 Å². The van der Waals surface area contributed by atoms with Crippen molar-refractivity contribution in [3.8, 4) is 0 Å². The van der Waals surface area contributed by atoms with Crippen molar-refractivity contribution >= 4 is 28.7 Å². The molecule has 1 aromatic carbocycles. The van der Waals surface area contributed by atoms with Crippen LogP contribution in [0.5, 0.6) is 0 Å². The maximum absolute atomic E-state index is 10.5. The molecule has 7 nitrogen and oxygen atoms in total. The predicted molar refractivity (Wildman–Crippen MR) is 70.5 cm³/mol. The van der Waals surface area contributed by atoms with Crippen LogP contribution in [0.15, 0.2) is 52.9 Å². The molecule has 0 bridgehead atoms. The summed E-state index contributed by atoms with van der Waals surface area (Å²) in [5.41, 5.74) is 3.66. The van der Waals surface area contributed by atoms with E-state index in [9.17, 15) is 10.1 Å². The summed E-state index contributed by atoms with van der Waals surface area (Å²) >= 11 is 5.79. The van der Waals surface area contributed by atoms with Gasteiger partial charge in [-0.05, 0) is 24.3 Å². The highest BCUT2D eigenvalue weighted by Crippen LogP contribution is 2.21. The van der Waals surface area contributed by atoms with Crippen LogP contribution in [0.1, 0.15) is 0 Å². The van der Waals surface area contributed by atoms with E-state index in [0.717, 1.165) is 0 Å². The number of benzene rings is 1. The number of rotatable bonds is 4. The Kier molecular flexibility index (Phi) is 3.99. The fraction of sp³-hybridized carbons (Fsp3) is 0. The minimum atomic E-state index is -0.472. The van der Waals surface area contributed by atoms with Crippen LogP contribution in [0.3, 0.4) is 0 Å². The molecule has 19 heavy (non-hydrogen) atoms. The van der Waals surface area contributed by atoms with Gasteiger partial charge < -0.3 is 0 Å². The van der Waals surface area contributed by atoms with Crippen molar-refractivity contribution in [3.05, 3.63) is 57.9 Å². The Bertz CT molecular complexity index is 615. The topological polar surface area (TPSA) is 92.8 Å². The summed E-state index contributed by atoms with van der Waals surface area (Å²) in [6, 6.07) is 9.15. The Labute approximate surface area is 113 Å². The summed E-state index contributed by atoms with van der Waals surface area (Å²) in [4.78, 5) is 13.8. The zero-order chi connectivity index (χ0) is 13.7. The first-order chi connectivity index (χ1) is 9.16. The quantitative estimate of drug-likeness (QED) is 0.398.